The van der Waals surface area contributed by atoms with Crippen LogP contribution >= 0.6 is 11.3 Å². The lowest BCUT2D eigenvalue weighted by atomic mass is 9.76. The van der Waals surface area contributed by atoms with Crippen molar-refractivity contribution < 1.29 is 13.7 Å². The molecule has 132 valence electrons. The molecule has 2 fully saturated rings. The first-order valence-electron chi connectivity index (χ1n) is 8.82. The molecule has 1 saturated carbocycles. The fraction of sp³-hybridized carbons (Fsp3) is 0.722. The number of halogens is 1. The van der Waals surface area contributed by atoms with Gasteiger partial charge in [-0.3, -0.25) is 0 Å². The molecule has 0 spiro atoms. The van der Waals surface area contributed by atoms with Crippen molar-refractivity contribution in [2.75, 3.05) is 0 Å². The Hall–Kier alpha value is -0.715. The first kappa shape index (κ1) is 18.1. The van der Waals surface area contributed by atoms with Crippen LogP contribution < -0.4 is 0 Å². The Labute approximate surface area is 148 Å². The SMILES string of the molecule is Cc1csc(CC2CCCC(=C(F)B3OC(C)(C)C(C)(C)O3)C2)n1. The van der Waals surface area contributed by atoms with Crippen molar-refractivity contribution in [1.29, 1.82) is 0 Å². The van der Waals surface area contributed by atoms with Crippen molar-refractivity contribution in [3.05, 3.63) is 27.4 Å². The van der Waals surface area contributed by atoms with Crippen molar-refractivity contribution in [3.8, 4) is 0 Å². The second-order valence-corrected chi connectivity index (χ2v) is 9.03. The lowest BCUT2D eigenvalue weighted by Gasteiger charge is -2.32. The van der Waals surface area contributed by atoms with Crippen molar-refractivity contribution in [2.24, 2.45) is 5.92 Å². The summed E-state index contributed by atoms with van der Waals surface area (Å²) in [5.41, 5.74) is 0.751. The Kier molecular flexibility index (Phi) is 4.93. The second-order valence-electron chi connectivity index (χ2n) is 8.09. The molecule has 0 aromatic carbocycles. The highest BCUT2D eigenvalue weighted by Crippen LogP contribution is 2.41. The quantitative estimate of drug-likeness (QED) is 0.715. The lowest BCUT2D eigenvalue weighted by molar-refractivity contribution is 0.00578. The summed E-state index contributed by atoms with van der Waals surface area (Å²) in [5, 5.41) is 3.25. The molecule has 1 aromatic heterocycles. The fourth-order valence-electron chi connectivity index (χ4n) is 3.40. The number of hydrogen-bond acceptors (Lipinski definition) is 4. The summed E-state index contributed by atoms with van der Waals surface area (Å²) >= 11 is 1.71. The molecular formula is C18H27BFNO2S. The Morgan fingerprint density at radius 2 is 2.00 bits per heavy atom. The first-order valence-corrected chi connectivity index (χ1v) is 9.70. The van der Waals surface area contributed by atoms with Crippen LogP contribution in [0.5, 0.6) is 0 Å². The molecule has 3 rings (SSSR count). The third kappa shape index (κ3) is 3.61. The Morgan fingerprint density at radius 3 is 2.58 bits per heavy atom. The van der Waals surface area contributed by atoms with Gasteiger partial charge in [-0.25, -0.2) is 9.37 Å². The van der Waals surface area contributed by atoms with Gasteiger partial charge in [0.15, 0.2) is 0 Å². The zero-order valence-electron chi connectivity index (χ0n) is 15.3. The fourth-order valence-corrected chi connectivity index (χ4v) is 4.29. The highest BCUT2D eigenvalue weighted by molar-refractivity contribution is 7.09. The predicted octanol–water partition coefficient (Wildman–Crippen LogP) is 5.04. The van der Waals surface area contributed by atoms with E-state index in [0.29, 0.717) is 5.92 Å². The van der Waals surface area contributed by atoms with Crippen molar-refractivity contribution in [1.82, 2.24) is 4.98 Å². The maximum absolute atomic E-state index is 15.0. The van der Waals surface area contributed by atoms with Gasteiger partial charge in [-0.05, 0) is 71.8 Å². The standard InChI is InChI=1S/C18H27BFNO2S/c1-12-11-24-15(21-12)10-13-7-6-8-14(9-13)16(20)19-22-17(2,3)18(4,5)23-19/h11,13H,6-10H2,1-5H3. The summed E-state index contributed by atoms with van der Waals surface area (Å²) in [6.45, 7) is 9.85. The third-order valence-corrected chi connectivity index (χ3v) is 6.54. The highest BCUT2D eigenvalue weighted by Gasteiger charge is 2.53. The molecule has 1 aliphatic heterocycles. The summed E-state index contributed by atoms with van der Waals surface area (Å²) in [4.78, 5) is 4.55. The van der Waals surface area contributed by atoms with Gasteiger partial charge in [0.1, 0.15) is 5.73 Å². The van der Waals surface area contributed by atoms with E-state index in [2.05, 4.69) is 10.4 Å². The molecule has 2 aliphatic rings. The molecule has 2 heterocycles. The number of allylic oxidation sites excluding steroid dienone is 1. The molecule has 0 bridgehead atoms. The third-order valence-electron chi connectivity index (χ3n) is 5.55. The molecule has 6 heteroatoms. The van der Waals surface area contributed by atoms with Crippen LogP contribution in [0.3, 0.4) is 0 Å². The van der Waals surface area contributed by atoms with Gasteiger partial charge in [0.25, 0.3) is 0 Å². The van der Waals surface area contributed by atoms with Gasteiger partial charge in [-0.2, -0.15) is 0 Å². The van der Waals surface area contributed by atoms with E-state index in [-0.39, 0.29) is 5.73 Å². The average molecular weight is 351 g/mol. The van der Waals surface area contributed by atoms with E-state index < -0.39 is 18.3 Å². The predicted molar refractivity (Wildman–Crippen MR) is 96.7 cm³/mol. The highest BCUT2D eigenvalue weighted by atomic mass is 32.1. The number of aromatic nitrogens is 1. The summed E-state index contributed by atoms with van der Waals surface area (Å²) in [5.74, 6) is 0.465. The Bertz CT molecular complexity index is 625. The maximum atomic E-state index is 15.0. The minimum Gasteiger partial charge on any atom is -0.398 e. The molecule has 3 nitrogen and oxygen atoms in total. The molecule has 24 heavy (non-hydrogen) atoms. The van der Waals surface area contributed by atoms with Gasteiger partial charge in [0.2, 0.25) is 0 Å². The van der Waals surface area contributed by atoms with Crippen LogP contribution in [0, 0.1) is 12.8 Å². The average Bonchev–Trinajstić information content (AvgIpc) is 2.99. The zero-order chi connectivity index (χ0) is 17.5. The van der Waals surface area contributed by atoms with Gasteiger partial charge in [-0.15, -0.1) is 11.3 Å². The molecule has 0 amide bonds. The summed E-state index contributed by atoms with van der Waals surface area (Å²) < 4.78 is 26.8. The van der Waals surface area contributed by atoms with Gasteiger partial charge in [-0.1, -0.05) is 0 Å². The van der Waals surface area contributed by atoms with Crippen LogP contribution in [0.1, 0.15) is 64.1 Å². The molecule has 1 aromatic rings. The van der Waals surface area contributed by atoms with Gasteiger partial charge < -0.3 is 9.31 Å². The number of rotatable bonds is 3. The Balaban J connectivity index is 1.70. The first-order chi connectivity index (χ1) is 11.2. The summed E-state index contributed by atoms with van der Waals surface area (Å²) in [6.07, 6.45) is 4.70. The minimum atomic E-state index is -0.856. The summed E-state index contributed by atoms with van der Waals surface area (Å²) in [6, 6.07) is 0. The van der Waals surface area contributed by atoms with E-state index in [0.717, 1.165) is 48.4 Å². The van der Waals surface area contributed by atoms with E-state index in [1.165, 1.54) is 0 Å². The Morgan fingerprint density at radius 1 is 1.33 bits per heavy atom. The van der Waals surface area contributed by atoms with E-state index in [4.69, 9.17) is 9.31 Å². The largest absolute Gasteiger partial charge is 0.525 e. The smallest absolute Gasteiger partial charge is 0.398 e. The molecule has 0 N–H and O–H groups in total. The van der Waals surface area contributed by atoms with Crippen molar-refractivity contribution in [3.63, 3.8) is 0 Å². The normalized spacial score (nSPS) is 28.2. The van der Waals surface area contributed by atoms with Crippen molar-refractivity contribution >= 4 is 18.5 Å². The second kappa shape index (κ2) is 6.54. The maximum Gasteiger partial charge on any atom is 0.525 e. The number of nitrogens with zero attached hydrogens (tertiary/aromatic N) is 1. The van der Waals surface area contributed by atoms with Gasteiger partial charge >= 0.3 is 7.12 Å². The van der Waals surface area contributed by atoms with Crippen LogP contribution in [-0.2, 0) is 15.7 Å². The van der Waals surface area contributed by atoms with Crippen LogP contribution in [0.15, 0.2) is 16.7 Å². The van der Waals surface area contributed by atoms with Crippen LogP contribution in [0.2, 0.25) is 0 Å². The topological polar surface area (TPSA) is 31.4 Å². The van der Waals surface area contributed by atoms with E-state index in [9.17, 15) is 0 Å². The molecule has 1 atom stereocenters. The molecule has 1 unspecified atom stereocenters. The minimum absolute atomic E-state index is 0.200. The zero-order valence-corrected chi connectivity index (χ0v) is 16.1. The molecule has 1 aliphatic carbocycles. The van der Waals surface area contributed by atoms with Crippen LogP contribution in [0.4, 0.5) is 4.39 Å². The monoisotopic (exact) mass is 351 g/mol. The van der Waals surface area contributed by atoms with Gasteiger partial charge in [0, 0.05) is 17.5 Å². The summed E-state index contributed by atoms with van der Waals surface area (Å²) in [7, 11) is -0.856. The van der Waals surface area contributed by atoms with E-state index in [1.807, 2.05) is 34.6 Å². The van der Waals surface area contributed by atoms with Crippen LogP contribution in [-0.4, -0.2) is 23.3 Å². The number of thiazole rings is 1. The molecular weight excluding hydrogens is 324 g/mol. The van der Waals surface area contributed by atoms with Gasteiger partial charge in [0.05, 0.1) is 16.2 Å². The lowest BCUT2D eigenvalue weighted by Crippen LogP contribution is -2.41. The molecule has 0 radical (unpaired) electrons. The van der Waals surface area contributed by atoms with Crippen LogP contribution in [0.25, 0.3) is 0 Å². The van der Waals surface area contributed by atoms with E-state index >= 15 is 4.39 Å². The number of hydrogen-bond donors (Lipinski definition) is 0. The number of aryl methyl sites for hydroxylation is 1. The van der Waals surface area contributed by atoms with Crippen molar-refractivity contribution in [2.45, 2.75) is 77.9 Å². The van der Waals surface area contributed by atoms with E-state index in [1.54, 1.807) is 11.3 Å². The molecule has 1 saturated heterocycles.